The third-order valence-corrected chi connectivity index (χ3v) is 4.09. The van der Waals surface area contributed by atoms with E-state index in [9.17, 15) is 9.50 Å². The van der Waals surface area contributed by atoms with E-state index in [0.717, 1.165) is 12.2 Å². The van der Waals surface area contributed by atoms with Crippen molar-refractivity contribution >= 4 is 11.8 Å². The fraction of sp³-hybridized carbons (Fsp3) is 0.250. The summed E-state index contributed by atoms with van der Waals surface area (Å²) in [5.41, 5.74) is 0.610. The second-order valence-corrected chi connectivity index (χ2v) is 5.52. The quantitative estimate of drug-likeness (QED) is 0.802. The maximum absolute atomic E-state index is 13.7. The lowest BCUT2D eigenvalue weighted by molar-refractivity contribution is 0.260. The summed E-state index contributed by atoms with van der Waals surface area (Å²) in [5, 5.41) is 9.43. The minimum Gasteiger partial charge on any atom is -0.396 e. The molecule has 0 aliphatic rings. The lowest BCUT2D eigenvalue weighted by Crippen LogP contribution is -2.07. The van der Waals surface area contributed by atoms with Crippen LogP contribution in [0.5, 0.6) is 0 Å². The third-order valence-electron chi connectivity index (χ3n) is 3.04. The Morgan fingerprint density at radius 2 is 1.68 bits per heavy atom. The van der Waals surface area contributed by atoms with E-state index in [1.165, 1.54) is 11.0 Å². The monoisotopic (exact) mass is 276 g/mol. The average Bonchev–Trinajstić information content (AvgIpc) is 2.46. The normalized spacial score (nSPS) is 12.3. The molecule has 0 aromatic heterocycles. The van der Waals surface area contributed by atoms with E-state index in [0.29, 0.717) is 5.56 Å². The fourth-order valence-electron chi connectivity index (χ4n) is 1.99. The van der Waals surface area contributed by atoms with Gasteiger partial charge >= 0.3 is 0 Å². The van der Waals surface area contributed by atoms with Crippen molar-refractivity contribution < 1.29 is 9.50 Å². The molecule has 0 saturated carbocycles. The molecule has 100 valence electrons. The first kappa shape index (κ1) is 14.1. The number of hydrogen-bond donors (Lipinski definition) is 1. The van der Waals surface area contributed by atoms with Crippen molar-refractivity contribution in [3.05, 3.63) is 66.0 Å². The molecule has 1 nitrogen and oxygen atoms in total. The van der Waals surface area contributed by atoms with Crippen molar-refractivity contribution in [1.29, 1.82) is 0 Å². The molecular formula is C16H17FOS. The Hall–Kier alpha value is -1.32. The molecule has 2 rings (SSSR count). The summed E-state index contributed by atoms with van der Waals surface area (Å²) >= 11 is 1.73. The molecule has 0 aliphatic carbocycles. The van der Waals surface area contributed by atoms with E-state index < -0.39 is 0 Å². The van der Waals surface area contributed by atoms with Crippen LogP contribution in [0.1, 0.15) is 17.9 Å². The SMILES string of the molecule is OCC(CCSc1ccccc1)c1ccccc1F. The zero-order valence-corrected chi connectivity index (χ0v) is 11.4. The van der Waals surface area contributed by atoms with Gasteiger partial charge in [-0.25, -0.2) is 4.39 Å². The van der Waals surface area contributed by atoms with E-state index in [1.54, 1.807) is 23.9 Å². The largest absolute Gasteiger partial charge is 0.396 e. The Bertz CT molecular complexity index is 501. The van der Waals surface area contributed by atoms with Gasteiger partial charge in [-0.3, -0.25) is 0 Å². The molecule has 2 aromatic rings. The minimum atomic E-state index is -0.230. The first-order valence-corrected chi connectivity index (χ1v) is 7.33. The fourth-order valence-corrected chi connectivity index (χ4v) is 2.97. The van der Waals surface area contributed by atoms with Crippen molar-refractivity contribution in [3.8, 4) is 0 Å². The van der Waals surface area contributed by atoms with Crippen LogP contribution in [-0.4, -0.2) is 17.5 Å². The first-order valence-electron chi connectivity index (χ1n) is 6.34. The van der Waals surface area contributed by atoms with Gasteiger partial charge in [-0.05, 0) is 35.9 Å². The predicted octanol–water partition coefficient (Wildman–Crippen LogP) is 4.08. The molecule has 0 bridgehead atoms. The Morgan fingerprint density at radius 3 is 2.37 bits per heavy atom. The number of benzene rings is 2. The molecule has 3 heteroatoms. The molecule has 1 unspecified atom stereocenters. The highest BCUT2D eigenvalue weighted by atomic mass is 32.2. The van der Waals surface area contributed by atoms with Gasteiger partial charge in [-0.2, -0.15) is 0 Å². The Labute approximate surface area is 117 Å². The molecule has 0 saturated heterocycles. The summed E-state index contributed by atoms with van der Waals surface area (Å²) in [6.45, 7) is -0.0176. The lowest BCUT2D eigenvalue weighted by Gasteiger charge is -2.15. The number of halogens is 1. The van der Waals surface area contributed by atoms with E-state index >= 15 is 0 Å². The Morgan fingerprint density at radius 1 is 1.00 bits per heavy atom. The summed E-state index contributed by atoms with van der Waals surface area (Å²) in [4.78, 5) is 1.20. The van der Waals surface area contributed by atoms with Crippen LogP contribution >= 0.6 is 11.8 Å². The van der Waals surface area contributed by atoms with Gasteiger partial charge < -0.3 is 5.11 Å². The number of thioether (sulfide) groups is 1. The van der Waals surface area contributed by atoms with E-state index in [2.05, 4.69) is 12.1 Å². The standard InChI is InChI=1S/C16H17FOS/c17-16-9-5-4-8-15(16)13(12-18)10-11-19-14-6-2-1-3-7-14/h1-9,13,18H,10-12H2. The van der Waals surface area contributed by atoms with E-state index in [-0.39, 0.29) is 18.3 Å². The zero-order valence-electron chi connectivity index (χ0n) is 10.6. The number of rotatable bonds is 6. The maximum Gasteiger partial charge on any atom is 0.126 e. The van der Waals surface area contributed by atoms with Crippen molar-refractivity contribution in [3.63, 3.8) is 0 Å². The van der Waals surface area contributed by atoms with Crippen LogP contribution in [0.15, 0.2) is 59.5 Å². The average molecular weight is 276 g/mol. The van der Waals surface area contributed by atoms with E-state index in [4.69, 9.17) is 0 Å². The summed E-state index contributed by atoms with van der Waals surface area (Å²) in [6, 6.07) is 16.8. The van der Waals surface area contributed by atoms with Crippen LogP contribution < -0.4 is 0 Å². The Balaban J connectivity index is 1.92. The lowest BCUT2D eigenvalue weighted by atomic mass is 9.97. The third kappa shape index (κ3) is 4.08. The summed E-state index contributed by atoms with van der Waals surface area (Å²) in [7, 11) is 0. The molecule has 1 N–H and O–H groups in total. The van der Waals surface area contributed by atoms with Gasteiger partial charge in [0.1, 0.15) is 5.82 Å². The highest BCUT2D eigenvalue weighted by Gasteiger charge is 2.14. The second kappa shape index (κ2) is 7.31. The van der Waals surface area contributed by atoms with Crippen LogP contribution in [0.4, 0.5) is 4.39 Å². The Kier molecular flexibility index (Phi) is 5.43. The summed E-state index contributed by atoms with van der Waals surface area (Å²) < 4.78 is 13.7. The molecule has 1 atom stereocenters. The van der Waals surface area contributed by atoms with Crippen LogP contribution in [0.3, 0.4) is 0 Å². The molecule has 19 heavy (non-hydrogen) atoms. The van der Waals surface area contributed by atoms with Gasteiger partial charge in [0.25, 0.3) is 0 Å². The zero-order chi connectivity index (χ0) is 13.5. The molecule has 0 spiro atoms. The molecule has 0 heterocycles. The summed E-state index contributed by atoms with van der Waals surface area (Å²) in [5.74, 6) is 0.507. The topological polar surface area (TPSA) is 20.2 Å². The van der Waals surface area contributed by atoms with Gasteiger partial charge in [-0.1, -0.05) is 36.4 Å². The maximum atomic E-state index is 13.7. The summed E-state index contributed by atoms with van der Waals surface area (Å²) in [6.07, 6.45) is 0.761. The van der Waals surface area contributed by atoms with Gasteiger partial charge in [-0.15, -0.1) is 11.8 Å². The number of aliphatic hydroxyl groups excluding tert-OH is 1. The van der Waals surface area contributed by atoms with Crippen molar-refractivity contribution in [2.45, 2.75) is 17.2 Å². The second-order valence-electron chi connectivity index (χ2n) is 4.35. The van der Waals surface area contributed by atoms with E-state index in [1.807, 2.05) is 24.3 Å². The van der Waals surface area contributed by atoms with Crippen molar-refractivity contribution in [2.75, 3.05) is 12.4 Å². The predicted molar refractivity (Wildman–Crippen MR) is 78.0 cm³/mol. The van der Waals surface area contributed by atoms with Gasteiger partial charge in [0.2, 0.25) is 0 Å². The van der Waals surface area contributed by atoms with Gasteiger partial charge in [0.15, 0.2) is 0 Å². The molecule has 0 radical (unpaired) electrons. The molecule has 0 aliphatic heterocycles. The minimum absolute atomic E-state index is 0.0176. The molecular weight excluding hydrogens is 259 g/mol. The van der Waals surface area contributed by atoms with Crippen LogP contribution in [0, 0.1) is 5.82 Å². The van der Waals surface area contributed by atoms with Crippen LogP contribution in [0.2, 0.25) is 0 Å². The van der Waals surface area contributed by atoms with Crippen molar-refractivity contribution in [2.24, 2.45) is 0 Å². The van der Waals surface area contributed by atoms with Crippen LogP contribution in [0.25, 0.3) is 0 Å². The molecule has 0 fully saturated rings. The van der Waals surface area contributed by atoms with Gasteiger partial charge in [0, 0.05) is 10.8 Å². The number of aliphatic hydroxyl groups is 1. The molecule has 0 amide bonds. The van der Waals surface area contributed by atoms with Gasteiger partial charge in [0.05, 0.1) is 6.61 Å². The number of hydrogen-bond acceptors (Lipinski definition) is 2. The van der Waals surface area contributed by atoms with Crippen LogP contribution in [-0.2, 0) is 0 Å². The molecule has 2 aromatic carbocycles. The highest BCUT2D eigenvalue weighted by molar-refractivity contribution is 7.99. The van der Waals surface area contributed by atoms with Crippen molar-refractivity contribution in [1.82, 2.24) is 0 Å². The smallest absolute Gasteiger partial charge is 0.126 e. The highest BCUT2D eigenvalue weighted by Crippen LogP contribution is 2.26. The first-order chi connectivity index (χ1) is 9.31.